The van der Waals surface area contributed by atoms with Crippen LogP contribution in [0.1, 0.15) is 32.8 Å². The Morgan fingerprint density at radius 3 is 2.53 bits per heavy atom. The molecule has 0 atom stereocenters. The second-order valence-corrected chi connectivity index (χ2v) is 4.91. The van der Waals surface area contributed by atoms with E-state index in [9.17, 15) is 0 Å². The maximum absolute atomic E-state index is 5.71. The topological polar surface area (TPSA) is 18.5 Å². The van der Waals surface area contributed by atoms with Gasteiger partial charge in [0.2, 0.25) is 0 Å². The zero-order valence-corrected chi connectivity index (χ0v) is 11.0. The van der Waals surface area contributed by atoms with E-state index in [0.717, 1.165) is 17.1 Å². The van der Waals surface area contributed by atoms with Crippen LogP contribution in [0.2, 0.25) is 0 Å². The van der Waals surface area contributed by atoms with E-state index in [1.54, 1.807) is 7.11 Å². The summed E-state index contributed by atoms with van der Waals surface area (Å²) < 4.78 is 10.9. The maximum Gasteiger partial charge on any atom is 0.123 e. The summed E-state index contributed by atoms with van der Waals surface area (Å²) in [5.41, 5.74) is 1.15. The number of hydrogen-bond donors (Lipinski definition) is 0. The Hall–Kier alpha value is -1.62. The number of benzene rings is 1. The van der Waals surface area contributed by atoms with Gasteiger partial charge >= 0.3 is 0 Å². The highest BCUT2D eigenvalue weighted by Crippen LogP contribution is 2.34. The monoisotopic (exact) mass is 232 g/mol. The third-order valence-corrected chi connectivity index (χ3v) is 2.50. The van der Waals surface area contributed by atoms with Gasteiger partial charge in [0.25, 0.3) is 0 Å². The van der Waals surface area contributed by atoms with Gasteiger partial charge in [-0.25, -0.2) is 0 Å². The summed E-state index contributed by atoms with van der Waals surface area (Å²) in [6.45, 7) is 6.99. The molecule has 0 radical (unpaired) electrons. The number of methoxy groups -OCH3 is 1. The van der Waals surface area contributed by atoms with E-state index < -0.39 is 0 Å². The smallest absolute Gasteiger partial charge is 0.123 e. The van der Waals surface area contributed by atoms with Crippen molar-refractivity contribution >= 4 is 0 Å². The number of ether oxygens (including phenoxy) is 2. The van der Waals surface area contributed by atoms with Gasteiger partial charge in [0.15, 0.2) is 0 Å². The van der Waals surface area contributed by atoms with Crippen LogP contribution in [-0.4, -0.2) is 13.7 Å². The van der Waals surface area contributed by atoms with Gasteiger partial charge in [0.1, 0.15) is 11.5 Å². The van der Waals surface area contributed by atoms with Crippen LogP contribution >= 0.6 is 0 Å². The summed E-state index contributed by atoms with van der Waals surface area (Å²) in [6, 6.07) is 5.86. The average Bonchev–Trinajstić information content (AvgIpc) is 2.28. The molecule has 1 aromatic rings. The summed E-state index contributed by atoms with van der Waals surface area (Å²) in [6.07, 6.45) is 5.83. The molecule has 2 heteroatoms. The molecule has 17 heavy (non-hydrogen) atoms. The van der Waals surface area contributed by atoms with Gasteiger partial charge in [-0.15, -0.1) is 12.3 Å². The highest BCUT2D eigenvalue weighted by molar-refractivity contribution is 5.44. The van der Waals surface area contributed by atoms with Crippen LogP contribution in [-0.2, 0) is 5.41 Å². The van der Waals surface area contributed by atoms with E-state index in [-0.39, 0.29) is 5.41 Å². The molecular formula is C15H20O2. The van der Waals surface area contributed by atoms with Gasteiger partial charge in [-0.1, -0.05) is 20.8 Å². The van der Waals surface area contributed by atoms with Crippen molar-refractivity contribution in [2.45, 2.75) is 32.6 Å². The predicted molar refractivity (Wildman–Crippen MR) is 70.6 cm³/mol. The van der Waals surface area contributed by atoms with Crippen molar-refractivity contribution in [1.29, 1.82) is 0 Å². The van der Waals surface area contributed by atoms with E-state index in [0.29, 0.717) is 13.0 Å². The van der Waals surface area contributed by atoms with Crippen LogP contribution < -0.4 is 9.47 Å². The zero-order valence-electron chi connectivity index (χ0n) is 11.0. The second kappa shape index (κ2) is 5.63. The van der Waals surface area contributed by atoms with E-state index in [2.05, 4.69) is 26.7 Å². The summed E-state index contributed by atoms with van der Waals surface area (Å²) >= 11 is 0. The van der Waals surface area contributed by atoms with Gasteiger partial charge < -0.3 is 9.47 Å². The summed E-state index contributed by atoms with van der Waals surface area (Å²) in [5.74, 6) is 4.30. The highest BCUT2D eigenvalue weighted by atomic mass is 16.5. The molecule has 0 saturated carbocycles. The largest absolute Gasteiger partial charge is 0.497 e. The van der Waals surface area contributed by atoms with Crippen LogP contribution in [0, 0.1) is 12.3 Å². The first-order chi connectivity index (χ1) is 7.99. The van der Waals surface area contributed by atoms with Gasteiger partial charge in [0, 0.05) is 12.0 Å². The maximum atomic E-state index is 5.71. The first-order valence-electron chi connectivity index (χ1n) is 5.74. The van der Waals surface area contributed by atoms with Crippen LogP contribution in [0.15, 0.2) is 18.2 Å². The minimum Gasteiger partial charge on any atom is -0.497 e. The lowest BCUT2D eigenvalue weighted by atomic mass is 9.86. The predicted octanol–water partition coefficient (Wildman–Crippen LogP) is 3.39. The number of terminal acetylenes is 1. The minimum atomic E-state index is 0.0139. The molecule has 0 aliphatic heterocycles. The van der Waals surface area contributed by atoms with Crippen LogP contribution in [0.4, 0.5) is 0 Å². The number of rotatable bonds is 4. The van der Waals surface area contributed by atoms with E-state index in [1.807, 2.05) is 18.2 Å². The fourth-order valence-electron chi connectivity index (χ4n) is 1.57. The van der Waals surface area contributed by atoms with Crippen LogP contribution in [0.3, 0.4) is 0 Å². The molecule has 0 aliphatic rings. The molecule has 0 saturated heterocycles. The standard InChI is InChI=1S/C15H20O2/c1-6-7-10-17-14-9-8-12(16-5)11-13(14)15(2,3)4/h1,8-9,11H,7,10H2,2-5H3. The fourth-order valence-corrected chi connectivity index (χ4v) is 1.57. The third kappa shape index (κ3) is 3.71. The SMILES string of the molecule is C#CCCOc1ccc(OC)cc1C(C)(C)C. The minimum absolute atomic E-state index is 0.0139. The molecule has 0 aliphatic carbocycles. The molecule has 0 fully saturated rings. The van der Waals surface area contributed by atoms with E-state index in [4.69, 9.17) is 15.9 Å². The first-order valence-corrected chi connectivity index (χ1v) is 5.74. The number of hydrogen-bond acceptors (Lipinski definition) is 2. The van der Waals surface area contributed by atoms with Crippen molar-refractivity contribution in [3.8, 4) is 23.8 Å². The molecule has 0 N–H and O–H groups in total. The lowest BCUT2D eigenvalue weighted by molar-refractivity contribution is 0.316. The van der Waals surface area contributed by atoms with Crippen molar-refractivity contribution < 1.29 is 9.47 Å². The molecule has 0 bridgehead atoms. The van der Waals surface area contributed by atoms with Crippen molar-refractivity contribution in [1.82, 2.24) is 0 Å². The van der Waals surface area contributed by atoms with Crippen molar-refractivity contribution in [2.75, 3.05) is 13.7 Å². The van der Waals surface area contributed by atoms with E-state index >= 15 is 0 Å². The molecule has 0 spiro atoms. The quantitative estimate of drug-likeness (QED) is 0.585. The van der Waals surface area contributed by atoms with Gasteiger partial charge in [-0.05, 0) is 23.6 Å². The third-order valence-electron chi connectivity index (χ3n) is 2.50. The fraction of sp³-hybridized carbons (Fsp3) is 0.467. The molecule has 2 nitrogen and oxygen atoms in total. The van der Waals surface area contributed by atoms with Gasteiger partial charge in [-0.2, -0.15) is 0 Å². The Bertz CT molecular complexity index is 408. The summed E-state index contributed by atoms with van der Waals surface area (Å²) in [4.78, 5) is 0. The molecule has 1 rings (SSSR count). The lowest BCUT2D eigenvalue weighted by Crippen LogP contribution is -2.14. The Balaban J connectivity index is 2.99. The van der Waals surface area contributed by atoms with Crippen LogP contribution in [0.5, 0.6) is 11.5 Å². The average molecular weight is 232 g/mol. The highest BCUT2D eigenvalue weighted by Gasteiger charge is 2.19. The molecular weight excluding hydrogens is 212 g/mol. The van der Waals surface area contributed by atoms with Crippen molar-refractivity contribution in [3.05, 3.63) is 23.8 Å². The van der Waals surface area contributed by atoms with Gasteiger partial charge in [-0.3, -0.25) is 0 Å². The summed E-state index contributed by atoms with van der Waals surface area (Å²) in [7, 11) is 1.67. The molecule has 0 unspecified atom stereocenters. The van der Waals surface area contributed by atoms with Crippen molar-refractivity contribution in [3.63, 3.8) is 0 Å². The Labute approximate surface area is 104 Å². The van der Waals surface area contributed by atoms with E-state index in [1.165, 1.54) is 0 Å². The first kappa shape index (κ1) is 13.4. The Kier molecular flexibility index (Phi) is 4.45. The lowest BCUT2D eigenvalue weighted by Gasteiger charge is -2.23. The van der Waals surface area contributed by atoms with Gasteiger partial charge in [0.05, 0.1) is 13.7 Å². The molecule has 92 valence electrons. The molecule has 0 amide bonds. The normalized spacial score (nSPS) is 10.8. The van der Waals surface area contributed by atoms with Crippen molar-refractivity contribution in [2.24, 2.45) is 0 Å². The van der Waals surface area contributed by atoms with Crippen LogP contribution in [0.25, 0.3) is 0 Å². The molecule has 0 aromatic heterocycles. The Morgan fingerprint density at radius 2 is 2.00 bits per heavy atom. The Morgan fingerprint density at radius 1 is 1.29 bits per heavy atom. The second-order valence-electron chi connectivity index (χ2n) is 4.91. The molecule has 0 heterocycles. The molecule has 1 aromatic carbocycles. The zero-order chi connectivity index (χ0) is 12.9. The summed E-state index contributed by atoms with van der Waals surface area (Å²) in [5, 5.41) is 0.